The second-order valence-corrected chi connectivity index (χ2v) is 5.43. The van der Waals surface area contributed by atoms with E-state index in [1.165, 1.54) is 11.3 Å². The summed E-state index contributed by atoms with van der Waals surface area (Å²) >= 11 is 1.40. The molecule has 1 fully saturated rings. The van der Waals surface area contributed by atoms with Gasteiger partial charge in [0.2, 0.25) is 0 Å². The lowest BCUT2D eigenvalue weighted by Gasteiger charge is -2.19. The van der Waals surface area contributed by atoms with Gasteiger partial charge >= 0.3 is 12.0 Å². The van der Waals surface area contributed by atoms with E-state index in [-0.39, 0.29) is 25.3 Å². The van der Waals surface area contributed by atoms with E-state index in [2.05, 4.69) is 5.32 Å². The highest BCUT2D eigenvalue weighted by atomic mass is 32.1. The predicted octanol–water partition coefficient (Wildman–Crippen LogP) is 1.38. The summed E-state index contributed by atoms with van der Waals surface area (Å²) in [5.74, 6) is -1.27. The number of imide groups is 1. The Labute approximate surface area is 114 Å². The van der Waals surface area contributed by atoms with Gasteiger partial charge < -0.3 is 10.4 Å². The number of carbonyl (C=O) groups excluding carboxylic acids is 2. The van der Waals surface area contributed by atoms with Gasteiger partial charge in [0.15, 0.2) is 5.54 Å². The van der Waals surface area contributed by atoms with Crippen molar-refractivity contribution in [2.45, 2.75) is 25.3 Å². The molecule has 102 valence electrons. The number of aliphatic carboxylic acids is 1. The minimum Gasteiger partial charge on any atom is -0.481 e. The van der Waals surface area contributed by atoms with E-state index in [1.807, 2.05) is 11.4 Å². The van der Waals surface area contributed by atoms with Crippen molar-refractivity contribution >= 4 is 29.2 Å². The van der Waals surface area contributed by atoms with E-state index in [9.17, 15) is 14.4 Å². The molecule has 2 N–H and O–H groups in total. The zero-order valence-electron chi connectivity index (χ0n) is 10.4. The Hall–Kier alpha value is -1.89. The summed E-state index contributed by atoms with van der Waals surface area (Å²) in [4.78, 5) is 36.4. The monoisotopic (exact) mass is 282 g/mol. The van der Waals surface area contributed by atoms with Crippen molar-refractivity contribution in [1.82, 2.24) is 10.2 Å². The molecule has 7 heteroatoms. The Morgan fingerprint density at radius 3 is 2.84 bits per heavy atom. The number of amides is 3. The average Bonchev–Trinajstić information content (AvgIpc) is 2.92. The lowest BCUT2D eigenvalue weighted by Crippen LogP contribution is -2.40. The van der Waals surface area contributed by atoms with Gasteiger partial charge in [-0.25, -0.2) is 4.79 Å². The zero-order valence-corrected chi connectivity index (χ0v) is 11.2. The molecule has 0 aliphatic carbocycles. The molecular formula is C12H14N2O4S. The molecule has 2 rings (SSSR count). The summed E-state index contributed by atoms with van der Waals surface area (Å²) in [5, 5.41) is 13.1. The van der Waals surface area contributed by atoms with Crippen LogP contribution in [-0.2, 0) is 15.1 Å². The van der Waals surface area contributed by atoms with Crippen LogP contribution >= 0.6 is 11.3 Å². The van der Waals surface area contributed by atoms with Crippen molar-refractivity contribution in [2.24, 2.45) is 0 Å². The summed E-state index contributed by atoms with van der Waals surface area (Å²) in [5.41, 5.74) is -1.03. The number of carboxylic acid groups (broad SMARTS) is 1. The largest absolute Gasteiger partial charge is 0.481 e. The van der Waals surface area contributed by atoms with Crippen molar-refractivity contribution in [3.8, 4) is 0 Å². The van der Waals surface area contributed by atoms with E-state index >= 15 is 0 Å². The van der Waals surface area contributed by atoms with E-state index < -0.39 is 17.5 Å². The molecular weight excluding hydrogens is 268 g/mol. The summed E-state index contributed by atoms with van der Waals surface area (Å²) in [7, 11) is 0. The maximum atomic E-state index is 12.3. The average molecular weight is 282 g/mol. The van der Waals surface area contributed by atoms with Crippen LogP contribution in [0.3, 0.4) is 0 Å². The van der Waals surface area contributed by atoms with E-state index in [4.69, 9.17) is 5.11 Å². The van der Waals surface area contributed by atoms with Gasteiger partial charge in [0, 0.05) is 17.8 Å². The van der Waals surface area contributed by atoms with Crippen molar-refractivity contribution in [3.63, 3.8) is 0 Å². The number of nitrogens with one attached hydrogen (secondary N) is 1. The number of carbonyl (C=O) groups is 3. The Morgan fingerprint density at radius 2 is 2.26 bits per heavy atom. The first-order valence-corrected chi connectivity index (χ1v) is 6.73. The Kier molecular flexibility index (Phi) is 3.57. The van der Waals surface area contributed by atoms with Gasteiger partial charge in [-0.05, 0) is 24.8 Å². The van der Waals surface area contributed by atoms with Gasteiger partial charge in [-0.3, -0.25) is 14.5 Å². The molecule has 1 aromatic heterocycles. The maximum absolute atomic E-state index is 12.3. The number of urea groups is 1. The smallest absolute Gasteiger partial charge is 0.325 e. The van der Waals surface area contributed by atoms with Crippen LogP contribution in [0.25, 0.3) is 0 Å². The normalized spacial score (nSPS) is 22.7. The number of rotatable bonds is 5. The maximum Gasteiger partial charge on any atom is 0.325 e. The standard InChI is InChI=1S/C12H14N2O4S/c1-12(8-4-3-7-19-8)10(17)14(11(18)13-12)6-2-5-9(15)16/h3-4,7H,2,5-6H2,1H3,(H,13,18)(H,15,16). The van der Waals surface area contributed by atoms with Crippen LogP contribution in [0.15, 0.2) is 17.5 Å². The van der Waals surface area contributed by atoms with Crippen LogP contribution in [0.5, 0.6) is 0 Å². The lowest BCUT2D eigenvalue weighted by atomic mass is 10.0. The molecule has 1 aliphatic heterocycles. The topological polar surface area (TPSA) is 86.7 Å². The third-order valence-electron chi connectivity index (χ3n) is 3.06. The van der Waals surface area contributed by atoms with Gasteiger partial charge in [0.1, 0.15) is 0 Å². The van der Waals surface area contributed by atoms with Gasteiger partial charge in [-0.15, -0.1) is 11.3 Å². The molecule has 0 spiro atoms. The minimum atomic E-state index is -1.03. The van der Waals surface area contributed by atoms with Crippen LogP contribution in [-0.4, -0.2) is 34.5 Å². The number of thiophene rings is 1. The fourth-order valence-electron chi connectivity index (χ4n) is 2.02. The molecule has 6 nitrogen and oxygen atoms in total. The molecule has 3 amide bonds. The SMILES string of the molecule is CC1(c2cccs2)NC(=O)N(CCCC(=O)O)C1=O. The first-order chi connectivity index (χ1) is 8.95. The second kappa shape index (κ2) is 5.00. The molecule has 1 saturated heterocycles. The highest BCUT2D eigenvalue weighted by Crippen LogP contribution is 2.31. The molecule has 0 radical (unpaired) electrons. The van der Waals surface area contributed by atoms with E-state index in [1.54, 1.807) is 13.0 Å². The van der Waals surface area contributed by atoms with Gasteiger partial charge in [-0.1, -0.05) is 6.07 Å². The first-order valence-electron chi connectivity index (χ1n) is 5.85. The van der Waals surface area contributed by atoms with E-state index in [0.29, 0.717) is 0 Å². The molecule has 0 saturated carbocycles. The molecule has 0 aromatic carbocycles. The summed E-state index contributed by atoms with van der Waals surface area (Å²) in [6.45, 7) is 1.79. The van der Waals surface area contributed by atoms with Crippen LogP contribution < -0.4 is 5.32 Å². The highest BCUT2D eigenvalue weighted by Gasteiger charge is 2.49. The Bertz CT molecular complexity index is 514. The number of nitrogens with zero attached hydrogens (tertiary/aromatic N) is 1. The Morgan fingerprint density at radius 1 is 1.53 bits per heavy atom. The molecule has 1 aliphatic rings. The summed E-state index contributed by atoms with van der Waals surface area (Å²) in [6.07, 6.45) is 0.196. The summed E-state index contributed by atoms with van der Waals surface area (Å²) < 4.78 is 0. The number of hydrogen-bond acceptors (Lipinski definition) is 4. The number of carboxylic acids is 1. The summed E-state index contributed by atoms with van der Waals surface area (Å²) in [6, 6.07) is 3.15. The third kappa shape index (κ3) is 2.46. The van der Waals surface area contributed by atoms with Crippen LogP contribution in [0.4, 0.5) is 4.79 Å². The molecule has 19 heavy (non-hydrogen) atoms. The van der Waals surface area contributed by atoms with Crippen molar-refractivity contribution in [1.29, 1.82) is 0 Å². The lowest BCUT2D eigenvalue weighted by molar-refractivity contribution is -0.138. The molecule has 1 atom stereocenters. The first kappa shape index (κ1) is 13.5. The van der Waals surface area contributed by atoms with Crippen LogP contribution in [0.1, 0.15) is 24.6 Å². The van der Waals surface area contributed by atoms with Crippen molar-refractivity contribution in [2.75, 3.05) is 6.54 Å². The number of hydrogen-bond donors (Lipinski definition) is 2. The van der Waals surface area contributed by atoms with Crippen molar-refractivity contribution in [3.05, 3.63) is 22.4 Å². The quantitative estimate of drug-likeness (QED) is 0.799. The van der Waals surface area contributed by atoms with Gasteiger partial charge in [-0.2, -0.15) is 0 Å². The predicted molar refractivity (Wildman–Crippen MR) is 68.8 cm³/mol. The highest BCUT2D eigenvalue weighted by molar-refractivity contribution is 7.10. The minimum absolute atomic E-state index is 0.0627. The third-order valence-corrected chi connectivity index (χ3v) is 4.15. The second-order valence-electron chi connectivity index (χ2n) is 4.49. The Balaban J connectivity index is 2.10. The fraction of sp³-hybridized carbons (Fsp3) is 0.417. The molecule has 1 unspecified atom stereocenters. The molecule has 1 aromatic rings. The van der Waals surface area contributed by atoms with E-state index in [0.717, 1.165) is 9.78 Å². The zero-order chi connectivity index (χ0) is 14.0. The van der Waals surface area contributed by atoms with Gasteiger partial charge in [0.25, 0.3) is 5.91 Å². The molecule has 0 bridgehead atoms. The van der Waals surface area contributed by atoms with Gasteiger partial charge in [0.05, 0.1) is 0 Å². The molecule has 2 heterocycles. The van der Waals surface area contributed by atoms with Crippen LogP contribution in [0, 0.1) is 0 Å². The van der Waals surface area contributed by atoms with Crippen LogP contribution in [0.2, 0.25) is 0 Å². The fourth-order valence-corrected chi connectivity index (χ4v) is 2.85. The van der Waals surface area contributed by atoms with Crippen molar-refractivity contribution < 1.29 is 19.5 Å².